The number of amides is 1. The topological polar surface area (TPSA) is 129 Å². The lowest BCUT2D eigenvalue weighted by Gasteiger charge is -2.35. The standard InChI is InChI=1S/C16H25N3O7S/c1-27(22,23)10-2-7-24-14-13(17-15(20)21)11-19(18-14)12-3-5-16(6-4-12)25-8-9-26-16/h11-12,17H,2-10H2,1H3,(H,20,21). The van der Waals surface area contributed by atoms with Crippen LogP contribution in [0.3, 0.4) is 0 Å². The number of hydrogen-bond acceptors (Lipinski definition) is 7. The van der Waals surface area contributed by atoms with Gasteiger partial charge in [-0.15, -0.1) is 5.10 Å². The van der Waals surface area contributed by atoms with Gasteiger partial charge in [-0.25, -0.2) is 13.2 Å². The third-order valence-electron chi connectivity index (χ3n) is 4.74. The molecule has 0 atom stereocenters. The van der Waals surface area contributed by atoms with Crippen molar-refractivity contribution in [3.05, 3.63) is 6.20 Å². The zero-order valence-electron chi connectivity index (χ0n) is 15.2. The Morgan fingerprint density at radius 3 is 2.67 bits per heavy atom. The van der Waals surface area contributed by atoms with E-state index < -0.39 is 21.7 Å². The molecular formula is C16H25N3O7S. The molecule has 1 aromatic heterocycles. The summed E-state index contributed by atoms with van der Waals surface area (Å²) in [6, 6.07) is 0.0890. The number of ether oxygens (including phenoxy) is 3. The average Bonchev–Trinajstić information content (AvgIpc) is 3.19. The lowest BCUT2D eigenvalue weighted by molar-refractivity contribution is -0.181. The van der Waals surface area contributed by atoms with Crippen molar-refractivity contribution in [1.29, 1.82) is 0 Å². The lowest BCUT2D eigenvalue weighted by atomic mass is 9.90. The minimum atomic E-state index is -3.07. The number of nitrogens with zero attached hydrogens (tertiary/aromatic N) is 2. The molecule has 2 N–H and O–H groups in total. The number of rotatable bonds is 7. The first kappa shape index (κ1) is 19.9. The average molecular weight is 403 g/mol. The SMILES string of the molecule is CS(=O)(=O)CCCOc1nn(C2CCC3(CC2)OCCO3)cc1NC(=O)O. The second-order valence-corrected chi connectivity index (χ2v) is 9.19. The predicted molar refractivity (Wildman–Crippen MR) is 95.8 cm³/mol. The fourth-order valence-electron chi connectivity index (χ4n) is 3.45. The van der Waals surface area contributed by atoms with Crippen LogP contribution < -0.4 is 10.1 Å². The molecule has 1 saturated heterocycles. The molecule has 1 saturated carbocycles. The molecule has 3 rings (SSSR count). The van der Waals surface area contributed by atoms with Crippen LogP contribution in [0.1, 0.15) is 38.1 Å². The zero-order valence-corrected chi connectivity index (χ0v) is 16.0. The Kier molecular flexibility index (Phi) is 5.92. The fraction of sp³-hybridized carbons (Fsp3) is 0.750. The van der Waals surface area contributed by atoms with Gasteiger partial charge >= 0.3 is 6.09 Å². The molecule has 1 spiro atoms. The van der Waals surface area contributed by atoms with E-state index in [4.69, 9.17) is 19.3 Å². The van der Waals surface area contributed by atoms with Gasteiger partial charge in [-0.05, 0) is 19.3 Å². The third-order valence-corrected chi connectivity index (χ3v) is 5.77. The number of carboxylic acid groups (broad SMARTS) is 1. The van der Waals surface area contributed by atoms with Crippen molar-refractivity contribution in [3.8, 4) is 5.88 Å². The maximum atomic E-state index is 11.2. The van der Waals surface area contributed by atoms with E-state index in [9.17, 15) is 13.2 Å². The molecule has 1 aromatic rings. The minimum absolute atomic E-state index is 0.000108. The maximum Gasteiger partial charge on any atom is 0.409 e. The van der Waals surface area contributed by atoms with Crippen LogP contribution in [-0.4, -0.2) is 67.0 Å². The van der Waals surface area contributed by atoms with E-state index in [-0.39, 0.29) is 30.0 Å². The summed E-state index contributed by atoms with van der Waals surface area (Å²) >= 11 is 0. The number of carbonyl (C=O) groups is 1. The van der Waals surface area contributed by atoms with Gasteiger partial charge in [0.25, 0.3) is 5.88 Å². The summed E-state index contributed by atoms with van der Waals surface area (Å²) in [6.07, 6.45) is 4.95. The van der Waals surface area contributed by atoms with Crippen LogP contribution in [-0.2, 0) is 19.3 Å². The largest absolute Gasteiger partial charge is 0.475 e. The number of nitrogens with one attached hydrogen (secondary N) is 1. The highest BCUT2D eigenvalue weighted by Gasteiger charge is 2.41. The Balaban J connectivity index is 1.63. The minimum Gasteiger partial charge on any atom is -0.475 e. The van der Waals surface area contributed by atoms with E-state index in [1.54, 1.807) is 10.9 Å². The highest BCUT2D eigenvalue weighted by atomic mass is 32.2. The van der Waals surface area contributed by atoms with Crippen molar-refractivity contribution in [1.82, 2.24) is 9.78 Å². The lowest BCUT2D eigenvalue weighted by Crippen LogP contribution is -2.35. The molecule has 10 nitrogen and oxygen atoms in total. The van der Waals surface area contributed by atoms with Crippen molar-refractivity contribution in [2.24, 2.45) is 0 Å². The summed E-state index contributed by atoms with van der Waals surface area (Å²) in [6.45, 7) is 1.36. The van der Waals surface area contributed by atoms with Crippen LogP contribution in [0.5, 0.6) is 5.88 Å². The van der Waals surface area contributed by atoms with E-state index in [0.717, 1.165) is 31.9 Å². The molecule has 0 unspecified atom stereocenters. The van der Waals surface area contributed by atoms with Gasteiger partial charge in [0.2, 0.25) is 0 Å². The predicted octanol–water partition coefficient (Wildman–Crippen LogP) is 1.64. The molecule has 0 aromatic carbocycles. The molecule has 2 fully saturated rings. The normalized spacial score (nSPS) is 20.0. The molecule has 1 amide bonds. The fourth-order valence-corrected chi connectivity index (χ4v) is 4.09. The van der Waals surface area contributed by atoms with Crippen LogP contribution >= 0.6 is 0 Å². The van der Waals surface area contributed by atoms with Gasteiger partial charge in [0.05, 0.1) is 37.8 Å². The van der Waals surface area contributed by atoms with Crippen molar-refractivity contribution in [2.45, 2.75) is 43.9 Å². The Morgan fingerprint density at radius 2 is 2.07 bits per heavy atom. The Bertz CT molecular complexity index is 761. The summed E-state index contributed by atoms with van der Waals surface area (Å²) in [5.74, 6) is -0.323. The van der Waals surface area contributed by atoms with Crippen LogP contribution in [0.2, 0.25) is 0 Å². The smallest absolute Gasteiger partial charge is 0.409 e. The Labute approximate surface area is 157 Å². The molecule has 2 heterocycles. The van der Waals surface area contributed by atoms with E-state index >= 15 is 0 Å². The molecule has 0 bridgehead atoms. The van der Waals surface area contributed by atoms with E-state index in [1.165, 1.54) is 0 Å². The van der Waals surface area contributed by atoms with Gasteiger partial charge in [-0.2, -0.15) is 0 Å². The second kappa shape index (κ2) is 8.03. The Hall–Kier alpha value is -1.85. The second-order valence-electron chi connectivity index (χ2n) is 6.93. The molecule has 0 radical (unpaired) electrons. The number of anilines is 1. The molecule has 2 aliphatic rings. The van der Waals surface area contributed by atoms with Crippen molar-refractivity contribution < 1.29 is 32.5 Å². The highest BCUT2D eigenvalue weighted by Crippen LogP contribution is 2.40. The summed E-state index contributed by atoms with van der Waals surface area (Å²) < 4.78 is 41.1. The summed E-state index contributed by atoms with van der Waals surface area (Å²) in [4.78, 5) is 11.0. The Morgan fingerprint density at radius 1 is 1.41 bits per heavy atom. The summed E-state index contributed by atoms with van der Waals surface area (Å²) in [7, 11) is -3.07. The molecule has 1 aliphatic carbocycles. The van der Waals surface area contributed by atoms with Crippen molar-refractivity contribution in [2.75, 3.05) is 37.1 Å². The van der Waals surface area contributed by atoms with Gasteiger partial charge in [-0.3, -0.25) is 10.00 Å². The number of aromatic nitrogens is 2. The highest BCUT2D eigenvalue weighted by molar-refractivity contribution is 7.90. The van der Waals surface area contributed by atoms with Gasteiger partial charge in [0.15, 0.2) is 5.79 Å². The van der Waals surface area contributed by atoms with Crippen LogP contribution in [0.4, 0.5) is 10.5 Å². The van der Waals surface area contributed by atoms with E-state index in [2.05, 4.69) is 10.4 Å². The van der Waals surface area contributed by atoms with Gasteiger partial charge in [0, 0.05) is 19.1 Å². The van der Waals surface area contributed by atoms with Crippen LogP contribution in [0, 0.1) is 0 Å². The monoisotopic (exact) mass is 403 g/mol. The quantitative estimate of drug-likeness (QED) is 0.658. The summed E-state index contributed by atoms with van der Waals surface area (Å²) in [5, 5.41) is 15.7. The maximum absolute atomic E-state index is 11.2. The molecular weight excluding hydrogens is 378 g/mol. The molecule has 11 heteroatoms. The van der Waals surface area contributed by atoms with Crippen LogP contribution in [0.15, 0.2) is 6.20 Å². The third kappa shape index (κ3) is 5.33. The number of hydrogen-bond donors (Lipinski definition) is 2. The zero-order chi connectivity index (χ0) is 19.5. The van der Waals surface area contributed by atoms with E-state index in [1.807, 2.05) is 0 Å². The first-order chi connectivity index (χ1) is 12.8. The summed E-state index contributed by atoms with van der Waals surface area (Å²) in [5.41, 5.74) is 0.246. The van der Waals surface area contributed by atoms with Gasteiger partial charge < -0.3 is 19.3 Å². The van der Waals surface area contributed by atoms with Gasteiger partial charge in [0.1, 0.15) is 15.5 Å². The van der Waals surface area contributed by atoms with Crippen molar-refractivity contribution >= 4 is 21.6 Å². The van der Waals surface area contributed by atoms with Crippen molar-refractivity contribution in [3.63, 3.8) is 0 Å². The molecule has 152 valence electrons. The van der Waals surface area contributed by atoms with E-state index in [0.29, 0.717) is 19.6 Å². The first-order valence-corrected chi connectivity index (χ1v) is 11.0. The van der Waals surface area contributed by atoms with Gasteiger partial charge in [-0.1, -0.05) is 0 Å². The first-order valence-electron chi connectivity index (χ1n) is 8.94. The molecule has 1 aliphatic heterocycles. The number of sulfone groups is 1. The van der Waals surface area contributed by atoms with Crippen LogP contribution in [0.25, 0.3) is 0 Å². The molecule has 27 heavy (non-hydrogen) atoms.